The highest BCUT2D eigenvalue weighted by atomic mass is 35.5. The molecule has 4 aromatic rings. The number of thioether (sulfide) groups is 1. The molecule has 8 nitrogen and oxygen atoms in total. The van der Waals surface area contributed by atoms with Gasteiger partial charge in [-0.2, -0.15) is 5.10 Å². The summed E-state index contributed by atoms with van der Waals surface area (Å²) in [4.78, 5) is 13.3. The number of methoxy groups -OCH3 is 1. The third-order valence-electron chi connectivity index (χ3n) is 5.41. The summed E-state index contributed by atoms with van der Waals surface area (Å²) in [5.74, 6) is 1.43. The van der Waals surface area contributed by atoms with Crippen molar-refractivity contribution in [2.24, 2.45) is 5.10 Å². The van der Waals surface area contributed by atoms with Gasteiger partial charge in [0.2, 0.25) is 0 Å². The van der Waals surface area contributed by atoms with E-state index in [4.69, 9.17) is 20.8 Å². The molecule has 10 heteroatoms. The van der Waals surface area contributed by atoms with E-state index in [1.807, 2.05) is 65.2 Å². The van der Waals surface area contributed by atoms with E-state index in [2.05, 4.69) is 15.3 Å². The van der Waals surface area contributed by atoms with E-state index in [-0.39, 0.29) is 17.7 Å². The van der Waals surface area contributed by atoms with Gasteiger partial charge in [0.25, 0.3) is 5.91 Å². The number of amides is 1. The van der Waals surface area contributed by atoms with Gasteiger partial charge in [-0.3, -0.25) is 9.36 Å². The van der Waals surface area contributed by atoms with Gasteiger partial charge in [0.1, 0.15) is 23.9 Å². The van der Waals surface area contributed by atoms with Crippen LogP contribution >= 0.6 is 23.4 Å². The van der Waals surface area contributed by atoms with Crippen molar-refractivity contribution in [3.8, 4) is 11.4 Å². The van der Waals surface area contributed by atoms with Crippen molar-refractivity contribution in [2.45, 2.75) is 17.6 Å². The zero-order valence-electron chi connectivity index (χ0n) is 18.2. The van der Waals surface area contributed by atoms with Gasteiger partial charge in [-0.15, -0.1) is 10.2 Å². The van der Waals surface area contributed by atoms with Crippen molar-refractivity contribution in [1.82, 2.24) is 19.8 Å². The normalized spacial score (nSPS) is 15.4. The van der Waals surface area contributed by atoms with Gasteiger partial charge in [-0.05, 0) is 54.1 Å². The molecular formula is C24H20ClN5O3S. The van der Waals surface area contributed by atoms with Gasteiger partial charge < -0.3 is 9.15 Å². The largest absolute Gasteiger partial charge is 0.497 e. The molecule has 0 fully saturated rings. The average Bonchev–Trinajstić information content (AvgIpc) is 3.63. The minimum atomic E-state index is -0.312. The first kappa shape index (κ1) is 22.2. The SMILES string of the molecule is COc1ccc(-n2cnnc2SCC(=O)N2N=C(c3ccc(Cl)cc3)C[C@@H]2c2ccco2)cc1. The second kappa shape index (κ2) is 9.74. The Morgan fingerprint density at radius 3 is 2.68 bits per heavy atom. The van der Waals surface area contributed by atoms with E-state index < -0.39 is 0 Å². The number of carbonyl (C=O) groups is 1. The monoisotopic (exact) mass is 493 g/mol. The Bertz CT molecular complexity index is 1300. The molecule has 0 bridgehead atoms. The molecule has 0 unspecified atom stereocenters. The lowest BCUT2D eigenvalue weighted by Crippen LogP contribution is -2.28. The highest BCUT2D eigenvalue weighted by Gasteiger charge is 2.35. The van der Waals surface area contributed by atoms with Gasteiger partial charge in [0.15, 0.2) is 5.16 Å². The predicted octanol–water partition coefficient (Wildman–Crippen LogP) is 4.99. The summed E-state index contributed by atoms with van der Waals surface area (Å²) < 4.78 is 12.7. The molecule has 2 aromatic carbocycles. The maximum absolute atomic E-state index is 13.3. The van der Waals surface area contributed by atoms with Crippen LogP contribution in [0.4, 0.5) is 0 Å². The molecule has 1 atom stereocenters. The van der Waals surface area contributed by atoms with Gasteiger partial charge >= 0.3 is 0 Å². The van der Waals surface area contributed by atoms with Crippen LogP contribution in [-0.4, -0.2) is 44.3 Å². The quantitative estimate of drug-likeness (QED) is 0.337. The Hall–Kier alpha value is -3.56. The van der Waals surface area contributed by atoms with E-state index in [1.54, 1.807) is 19.7 Å². The molecule has 3 heterocycles. The van der Waals surface area contributed by atoms with Crippen LogP contribution in [0.25, 0.3) is 5.69 Å². The second-order valence-electron chi connectivity index (χ2n) is 7.50. The number of rotatable bonds is 7. The number of hydrogen-bond donors (Lipinski definition) is 0. The molecule has 0 saturated carbocycles. The van der Waals surface area contributed by atoms with E-state index in [0.717, 1.165) is 22.7 Å². The Labute approximate surface area is 205 Å². The number of furan rings is 1. The van der Waals surface area contributed by atoms with Crippen molar-refractivity contribution < 1.29 is 13.9 Å². The number of nitrogens with zero attached hydrogens (tertiary/aromatic N) is 5. The van der Waals surface area contributed by atoms with Crippen LogP contribution in [0.3, 0.4) is 0 Å². The van der Waals surface area contributed by atoms with Crippen molar-refractivity contribution in [3.63, 3.8) is 0 Å². The van der Waals surface area contributed by atoms with Crippen molar-refractivity contribution >= 4 is 35.0 Å². The molecule has 5 rings (SSSR count). The van der Waals surface area contributed by atoms with Gasteiger partial charge in [-0.25, -0.2) is 5.01 Å². The smallest absolute Gasteiger partial charge is 0.253 e. The Morgan fingerprint density at radius 1 is 1.18 bits per heavy atom. The third-order valence-corrected chi connectivity index (χ3v) is 6.59. The predicted molar refractivity (Wildman–Crippen MR) is 130 cm³/mol. The number of aromatic nitrogens is 3. The van der Waals surface area contributed by atoms with Crippen molar-refractivity contribution in [1.29, 1.82) is 0 Å². The second-order valence-corrected chi connectivity index (χ2v) is 8.88. The fraction of sp³-hybridized carbons (Fsp3) is 0.167. The number of hydrazone groups is 1. The van der Waals surface area contributed by atoms with E-state index in [1.165, 1.54) is 16.8 Å². The molecule has 1 aliphatic heterocycles. The minimum absolute atomic E-state index is 0.142. The molecule has 1 amide bonds. The number of hydrogen-bond acceptors (Lipinski definition) is 7. The van der Waals surface area contributed by atoms with Crippen LogP contribution in [0.2, 0.25) is 5.02 Å². The number of ether oxygens (including phenoxy) is 1. The molecule has 0 spiro atoms. The van der Waals surface area contributed by atoms with Crippen molar-refractivity contribution in [2.75, 3.05) is 12.9 Å². The standard InChI is InChI=1S/C24H20ClN5O3S/c1-32-19-10-8-18(9-11-19)29-15-26-27-24(29)34-14-23(31)30-21(22-3-2-12-33-22)13-20(28-30)16-4-6-17(25)7-5-16/h2-12,15,21H,13-14H2,1H3/t21-/m1/s1. The Morgan fingerprint density at radius 2 is 1.97 bits per heavy atom. The molecule has 0 N–H and O–H groups in total. The number of halogens is 1. The lowest BCUT2D eigenvalue weighted by molar-refractivity contribution is -0.130. The lowest BCUT2D eigenvalue weighted by atomic mass is 10.0. The molecule has 0 aliphatic carbocycles. The first-order chi connectivity index (χ1) is 16.6. The molecule has 34 heavy (non-hydrogen) atoms. The molecular weight excluding hydrogens is 474 g/mol. The minimum Gasteiger partial charge on any atom is -0.497 e. The molecule has 1 aliphatic rings. The van der Waals surface area contributed by atoms with Crippen LogP contribution in [0.5, 0.6) is 5.75 Å². The maximum Gasteiger partial charge on any atom is 0.253 e. The summed E-state index contributed by atoms with van der Waals surface area (Å²) in [7, 11) is 1.62. The van der Waals surface area contributed by atoms with E-state index >= 15 is 0 Å². The third kappa shape index (κ3) is 4.57. The number of carbonyl (C=O) groups excluding carboxylic acids is 1. The summed E-state index contributed by atoms with van der Waals surface area (Å²) in [6.07, 6.45) is 3.77. The zero-order chi connectivity index (χ0) is 23.5. The van der Waals surface area contributed by atoms with E-state index in [9.17, 15) is 4.79 Å². The molecule has 172 valence electrons. The fourth-order valence-corrected chi connectivity index (χ4v) is 4.60. The molecule has 2 aromatic heterocycles. The fourth-order valence-electron chi connectivity index (χ4n) is 3.69. The summed E-state index contributed by atoms with van der Waals surface area (Å²) in [5, 5.41) is 15.6. The first-order valence-electron chi connectivity index (χ1n) is 10.5. The molecule has 0 saturated heterocycles. The van der Waals surface area contributed by atoms with Crippen LogP contribution in [0, 0.1) is 0 Å². The Kier molecular flexibility index (Phi) is 6.37. The first-order valence-corrected chi connectivity index (χ1v) is 11.8. The molecule has 0 radical (unpaired) electrons. The summed E-state index contributed by atoms with van der Waals surface area (Å²) in [6.45, 7) is 0. The topological polar surface area (TPSA) is 85.8 Å². The summed E-state index contributed by atoms with van der Waals surface area (Å²) in [6, 6.07) is 18.3. The van der Waals surface area contributed by atoms with Gasteiger partial charge in [0, 0.05) is 17.1 Å². The number of benzene rings is 2. The van der Waals surface area contributed by atoms with Crippen LogP contribution in [0.1, 0.15) is 23.8 Å². The average molecular weight is 494 g/mol. The van der Waals surface area contributed by atoms with Crippen LogP contribution in [0.15, 0.2) is 87.9 Å². The zero-order valence-corrected chi connectivity index (χ0v) is 19.7. The van der Waals surface area contributed by atoms with Crippen LogP contribution in [-0.2, 0) is 4.79 Å². The summed E-state index contributed by atoms with van der Waals surface area (Å²) in [5.41, 5.74) is 2.60. The van der Waals surface area contributed by atoms with Gasteiger partial charge in [0.05, 0.1) is 24.8 Å². The van der Waals surface area contributed by atoms with E-state index in [0.29, 0.717) is 22.4 Å². The highest BCUT2D eigenvalue weighted by Crippen LogP contribution is 2.34. The van der Waals surface area contributed by atoms with Crippen molar-refractivity contribution in [3.05, 3.63) is 89.6 Å². The lowest BCUT2D eigenvalue weighted by Gasteiger charge is -2.19. The maximum atomic E-state index is 13.3. The van der Waals surface area contributed by atoms with Gasteiger partial charge in [-0.1, -0.05) is 35.5 Å². The highest BCUT2D eigenvalue weighted by molar-refractivity contribution is 7.99. The van der Waals surface area contributed by atoms with Crippen LogP contribution < -0.4 is 4.74 Å². The summed E-state index contributed by atoms with van der Waals surface area (Å²) >= 11 is 7.33. The Balaban J connectivity index is 1.34.